The standard InChI is InChI=1S/C13H17N/c1-2-6-12-7-3-4-8-13(12)9-11-14-10-5-1/h3-4,7-8,11H,1-2,5-6,9-10H2. The molecule has 0 fully saturated rings. The molecule has 0 radical (unpaired) electrons. The van der Waals surface area contributed by atoms with Crippen LogP contribution in [0.15, 0.2) is 29.3 Å². The first-order valence-corrected chi connectivity index (χ1v) is 5.52. The zero-order valence-corrected chi connectivity index (χ0v) is 8.58. The van der Waals surface area contributed by atoms with Gasteiger partial charge in [-0.05, 0) is 30.4 Å². The third kappa shape index (κ3) is 2.44. The molecule has 0 bridgehead atoms. The first kappa shape index (κ1) is 9.45. The van der Waals surface area contributed by atoms with E-state index >= 15 is 0 Å². The van der Waals surface area contributed by atoms with E-state index in [0.717, 1.165) is 13.0 Å². The van der Waals surface area contributed by atoms with Gasteiger partial charge in [0, 0.05) is 19.2 Å². The smallest absolute Gasteiger partial charge is 0.0385 e. The molecule has 0 spiro atoms. The molecule has 0 saturated heterocycles. The highest BCUT2D eigenvalue weighted by atomic mass is 14.7. The molecule has 74 valence electrons. The van der Waals surface area contributed by atoms with Gasteiger partial charge in [-0.15, -0.1) is 0 Å². The quantitative estimate of drug-likeness (QED) is 0.592. The molecule has 0 aromatic heterocycles. The van der Waals surface area contributed by atoms with Crippen molar-refractivity contribution in [2.75, 3.05) is 6.54 Å². The molecule has 0 unspecified atom stereocenters. The summed E-state index contributed by atoms with van der Waals surface area (Å²) >= 11 is 0. The first-order valence-electron chi connectivity index (χ1n) is 5.52. The molecule has 14 heavy (non-hydrogen) atoms. The molecule has 0 amide bonds. The minimum atomic E-state index is 1.01. The van der Waals surface area contributed by atoms with Crippen LogP contribution in [0.2, 0.25) is 0 Å². The van der Waals surface area contributed by atoms with Crippen molar-refractivity contribution < 1.29 is 0 Å². The van der Waals surface area contributed by atoms with Crippen LogP contribution in [-0.2, 0) is 12.8 Å². The third-order valence-electron chi connectivity index (χ3n) is 2.79. The van der Waals surface area contributed by atoms with E-state index in [1.807, 2.05) is 0 Å². The van der Waals surface area contributed by atoms with Gasteiger partial charge in [0.2, 0.25) is 0 Å². The molecule has 1 aromatic rings. The average molecular weight is 187 g/mol. The Morgan fingerprint density at radius 2 is 1.79 bits per heavy atom. The number of hydrogen-bond acceptors (Lipinski definition) is 1. The van der Waals surface area contributed by atoms with Gasteiger partial charge in [-0.25, -0.2) is 0 Å². The van der Waals surface area contributed by atoms with Crippen molar-refractivity contribution in [3.8, 4) is 0 Å². The Morgan fingerprint density at radius 1 is 0.929 bits per heavy atom. The van der Waals surface area contributed by atoms with Gasteiger partial charge in [0.1, 0.15) is 0 Å². The molecule has 1 aliphatic rings. The number of aliphatic imine (C=N–C) groups is 1. The third-order valence-corrected chi connectivity index (χ3v) is 2.79. The van der Waals surface area contributed by atoms with Crippen LogP contribution in [-0.4, -0.2) is 12.8 Å². The summed E-state index contributed by atoms with van der Waals surface area (Å²) in [5.41, 5.74) is 2.97. The van der Waals surface area contributed by atoms with Crippen molar-refractivity contribution >= 4 is 6.21 Å². The van der Waals surface area contributed by atoms with Crippen LogP contribution >= 0.6 is 0 Å². The predicted molar refractivity (Wildman–Crippen MR) is 61.1 cm³/mol. The van der Waals surface area contributed by atoms with Crippen molar-refractivity contribution in [2.24, 2.45) is 4.99 Å². The van der Waals surface area contributed by atoms with Crippen LogP contribution in [0.1, 0.15) is 30.4 Å². The van der Waals surface area contributed by atoms with Crippen LogP contribution in [0.4, 0.5) is 0 Å². The summed E-state index contributed by atoms with van der Waals surface area (Å²) in [6.07, 6.45) is 8.20. The van der Waals surface area contributed by atoms with E-state index in [-0.39, 0.29) is 0 Å². The monoisotopic (exact) mass is 187 g/mol. The summed E-state index contributed by atoms with van der Waals surface area (Å²) < 4.78 is 0. The molecule has 0 saturated carbocycles. The second-order valence-electron chi connectivity index (χ2n) is 3.87. The van der Waals surface area contributed by atoms with Crippen molar-refractivity contribution in [2.45, 2.75) is 32.1 Å². The van der Waals surface area contributed by atoms with E-state index in [2.05, 4.69) is 35.5 Å². The first-order chi connectivity index (χ1) is 6.97. The zero-order valence-electron chi connectivity index (χ0n) is 8.58. The largest absolute Gasteiger partial charge is 0.297 e. The van der Waals surface area contributed by atoms with Crippen LogP contribution < -0.4 is 0 Å². The molecule has 1 aliphatic heterocycles. The number of nitrogens with zero attached hydrogens (tertiary/aromatic N) is 1. The lowest BCUT2D eigenvalue weighted by Gasteiger charge is -2.08. The number of rotatable bonds is 0. The Hall–Kier alpha value is -1.11. The summed E-state index contributed by atoms with van der Waals surface area (Å²) in [6.45, 7) is 1.02. The summed E-state index contributed by atoms with van der Waals surface area (Å²) in [5, 5.41) is 0. The molecule has 1 heterocycles. The van der Waals surface area contributed by atoms with Crippen LogP contribution in [0, 0.1) is 0 Å². The van der Waals surface area contributed by atoms with Crippen molar-refractivity contribution in [1.29, 1.82) is 0 Å². The van der Waals surface area contributed by atoms with Crippen molar-refractivity contribution in [3.05, 3.63) is 35.4 Å². The van der Waals surface area contributed by atoms with E-state index in [4.69, 9.17) is 0 Å². The van der Waals surface area contributed by atoms with Gasteiger partial charge >= 0.3 is 0 Å². The predicted octanol–water partition coefficient (Wildman–Crippen LogP) is 3.03. The molecular weight excluding hydrogens is 170 g/mol. The molecule has 1 aromatic carbocycles. The molecular formula is C13H17N. The van der Waals surface area contributed by atoms with Gasteiger partial charge in [0.15, 0.2) is 0 Å². The van der Waals surface area contributed by atoms with Crippen molar-refractivity contribution in [3.63, 3.8) is 0 Å². The fourth-order valence-electron chi connectivity index (χ4n) is 1.95. The molecule has 0 aliphatic carbocycles. The Morgan fingerprint density at radius 3 is 2.71 bits per heavy atom. The Balaban J connectivity index is 2.18. The summed E-state index contributed by atoms with van der Waals surface area (Å²) in [7, 11) is 0. The highest BCUT2D eigenvalue weighted by Crippen LogP contribution is 2.13. The normalized spacial score (nSPS) is 17.4. The van der Waals surface area contributed by atoms with Crippen molar-refractivity contribution in [1.82, 2.24) is 0 Å². The molecule has 0 atom stereocenters. The molecule has 2 rings (SSSR count). The average Bonchev–Trinajstić information content (AvgIpc) is 2.25. The topological polar surface area (TPSA) is 12.4 Å². The van der Waals surface area contributed by atoms with Crippen LogP contribution in [0.25, 0.3) is 0 Å². The lowest BCUT2D eigenvalue weighted by atomic mass is 9.99. The second kappa shape index (κ2) is 4.94. The maximum Gasteiger partial charge on any atom is 0.0385 e. The lowest BCUT2D eigenvalue weighted by molar-refractivity contribution is 0.683. The Bertz CT molecular complexity index is 315. The summed E-state index contributed by atoms with van der Waals surface area (Å²) in [6, 6.07) is 8.74. The molecule has 0 N–H and O–H groups in total. The lowest BCUT2D eigenvalue weighted by Crippen LogP contribution is -1.98. The molecule has 1 heteroatoms. The van der Waals surface area contributed by atoms with E-state index in [0.29, 0.717) is 0 Å². The number of benzene rings is 1. The van der Waals surface area contributed by atoms with Gasteiger partial charge in [0.25, 0.3) is 0 Å². The van der Waals surface area contributed by atoms with E-state index < -0.39 is 0 Å². The van der Waals surface area contributed by atoms with Gasteiger partial charge in [0.05, 0.1) is 0 Å². The SMILES string of the molecule is C1=NCCCCCc2ccccc2C1. The summed E-state index contributed by atoms with van der Waals surface area (Å²) in [4.78, 5) is 4.41. The number of aryl methyl sites for hydroxylation is 1. The number of hydrogen-bond donors (Lipinski definition) is 0. The highest BCUT2D eigenvalue weighted by molar-refractivity contribution is 5.62. The Kier molecular flexibility index (Phi) is 3.33. The van der Waals surface area contributed by atoms with Gasteiger partial charge < -0.3 is 0 Å². The zero-order chi connectivity index (χ0) is 9.64. The fourth-order valence-corrected chi connectivity index (χ4v) is 1.95. The second-order valence-corrected chi connectivity index (χ2v) is 3.87. The molecule has 1 nitrogen and oxygen atoms in total. The van der Waals surface area contributed by atoms with E-state index in [1.165, 1.54) is 36.8 Å². The minimum Gasteiger partial charge on any atom is -0.297 e. The maximum absolute atomic E-state index is 4.41. The van der Waals surface area contributed by atoms with E-state index in [9.17, 15) is 0 Å². The van der Waals surface area contributed by atoms with E-state index in [1.54, 1.807) is 0 Å². The van der Waals surface area contributed by atoms with Gasteiger partial charge in [-0.1, -0.05) is 30.7 Å². The van der Waals surface area contributed by atoms with Crippen LogP contribution in [0.3, 0.4) is 0 Å². The van der Waals surface area contributed by atoms with Crippen LogP contribution in [0.5, 0.6) is 0 Å². The van der Waals surface area contributed by atoms with Gasteiger partial charge in [-0.3, -0.25) is 4.99 Å². The number of fused-ring (bicyclic) bond motifs is 1. The Labute approximate surface area is 85.9 Å². The fraction of sp³-hybridized carbons (Fsp3) is 0.462. The highest BCUT2D eigenvalue weighted by Gasteiger charge is 2.01. The van der Waals surface area contributed by atoms with Gasteiger partial charge in [-0.2, -0.15) is 0 Å². The summed E-state index contributed by atoms with van der Waals surface area (Å²) in [5.74, 6) is 0. The minimum absolute atomic E-state index is 1.01. The maximum atomic E-state index is 4.41.